The molecule has 1 unspecified atom stereocenters. The summed E-state index contributed by atoms with van der Waals surface area (Å²) in [5.74, 6) is 0. The van der Waals surface area contributed by atoms with E-state index in [-0.39, 0.29) is 6.04 Å². The van der Waals surface area contributed by atoms with Crippen molar-refractivity contribution in [2.75, 3.05) is 6.54 Å². The van der Waals surface area contributed by atoms with E-state index in [1.807, 2.05) is 17.9 Å². The van der Waals surface area contributed by atoms with Crippen molar-refractivity contribution in [2.45, 2.75) is 32.7 Å². The van der Waals surface area contributed by atoms with Crippen LogP contribution in [0.25, 0.3) is 0 Å². The summed E-state index contributed by atoms with van der Waals surface area (Å²) in [5.41, 5.74) is 3.78. The SMILES string of the molecule is CCCc1cccc(C(NCC)c2ccn(C)n2)c1. The van der Waals surface area contributed by atoms with Gasteiger partial charge in [-0.1, -0.05) is 44.5 Å². The standard InChI is InChI=1S/C16H23N3/c1-4-7-13-8-6-9-14(12-13)16(17-5-2)15-10-11-19(3)18-15/h6,8-12,16-17H,4-5,7H2,1-3H3. The Bertz CT molecular complexity index is 516. The fourth-order valence-electron chi connectivity index (χ4n) is 2.40. The molecule has 1 heterocycles. The van der Waals surface area contributed by atoms with Crippen LogP contribution in [0, 0.1) is 0 Å². The van der Waals surface area contributed by atoms with Crippen molar-refractivity contribution in [3.63, 3.8) is 0 Å². The predicted octanol–water partition coefficient (Wildman–Crippen LogP) is 3.07. The third-order valence-corrected chi connectivity index (χ3v) is 3.26. The van der Waals surface area contributed by atoms with Crippen LogP contribution in [0.4, 0.5) is 0 Å². The first-order chi connectivity index (χ1) is 9.24. The van der Waals surface area contributed by atoms with Crippen LogP contribution >= 0.6 is 0 Å². The van der Waals surface area contributed by atoms with Gasteiger partial charge < -0.3 is 5.32 Å². The average Bonchev–Trinajstić information content (AvgIpc) is 2.83. The molecule has 1 atom stereocenters. The first-order valence-corrected chi connectivity index (χ1v) is 7.06. The highest BCUT2D eigenvalue weighted by Gasteiger charge is 2.15. The summed E-state index contributed by atoms with van der Waals surface area (Å²) < 4.78 is 1.86. The van der Waals surface area contributed by atoms with Crippen molar-refractivity contribution in [2.24, 2.45) is 7.05 Å². The summed E-state index contributed by atoms with van der Waals surface area (Å²) >= 11 is 0. The third-order valence-electron chi connectivity index (χ3n) is 3.26. The maximum atomic E-state index is 4.54. The molecule has 0 aliphatic rings. The van der Waals surface area contributed by atoms with E-state index in [4.69, 9.17) is 0 Å². The zero-order valence-corrected chi connectivity index (χ0v) is 12.1. The zero-order valence-electron chi connectivity index (χ0n) is 12.1. The lowest BCUT2D eigenvalue weighted by Crippen LogP contribution is -2.22. The molecular weight excluding hydrogens is 234 g/mol. The highest BCUT2D eigenvalue weighted by molar-refractivity contribution is 5.31. The summed E-state index contributed by atoms with van der Waals surface area (Å²) in [6.07, 6.45) is 4.31. The monoisotopic (exact) mass is 257 g/mol. The van der Waals surface area contributed by atoms with Crippen LogP contribution in [0.15, 0.2) is 36.5 Å². The molecule has 1 aromatic carbocycles. The molecular formula is C16H23N3. The third kappa shape index (κ3) is 3.44. The minimum atomic E-state index is 0.183. The fraction of sp³-hybridized carbons (Fsp3) is 0.438. The number of aromatic nitrogens is 2. The van der Waals surface area contributed by atoms with E-state index < -0.39 is 0 Å². The van der Waals surface area contributed by atoms with Gasteiger partial charge in [0, 0.05) is 13.2 Å². The molecule has 2 rings (SSSR count). The number of hydrogen-bond donors (Lipinski definition) is 1. The first kappa shape index (κ1) is 13.8. The molecule has 0 fully saturated rings. The molecule has 0 aliphatic carbocycles. The van der Waals surface area contributed by atoms with Gasteiger partial charge in [0.2, 0.25) is 0 Å². The number of rotatable bonds is 6. The summed E-state index contributed by atoms with van der Waals surface area (Å²) in [6.45, 7) is 5.28. The number of nitrogens with one attached hydrogen (secondary N) is 1. The summed E-state index contributed by atoms with van der Waals surface area (Å²) in [5, 5.41) is 8.06. The van der Waals surface area contributed by atoms with Crippen molar-refractivity contribution < 1.29 is 0 Å². The summed E-state index contributed by atoms with van der Waals surface area (Å²) in [4.78, 5) is 0. The van der Waals surface area contributed by atoms with Crippen LogP contribution in [0.5, 0.6) is 0 Å². The van der Waals surface area contributed by atoms with Gasteiger partial charge >= 0.3 is 0 Å². The zero-order chi connectivity index (χ0) is 13.7. The van der Waals surface area contributed by atoms with Crippen molar-refractivity contribution in [1.82, 2.24) is 15.1 Å². The van der Waals surface area contributed by atoms with Crippen LogP contribution < -0.4 is 5.32 Å². The quantitative estimate of drug-likeness (QED) is 0.862. The van der Waals surface area contributed by atoms with Gasteiger partial charge in [-0.3, -0.25) is 4.68 Å². The van der Waals surface area contributed by atoms with Gasteiger partial charge in [-0.05, 0) is 30.2 Å². The van der Waals surface area contributed by atoms with Gasteiger partial charge in [0.1, 0.15) is 0 Å². The predicted molar refractivity (Wildman–Crippen MR) is 79.2 cm³/mol. The van der Waals surface area contributed by atoms with E-state index in [0.29, 0.717) is 0 Å². The largest absolute Gasteiger partial charge is 0.305 e. The molecule has 2 aromatic rings. The molecule has 0 spiro atoms. The second-order valence-electron chi connectivity index (χ2n) is 4.90. The average molecular weight is 257 g/mol. The topological polar surface area (TPSA) is 29.9 Å². The smallest absolute Gasteiger partial charge is 0.0839 e. The van der Waals surface area contributed by atoms with Crippen LogP contribution in [-0.4, -0.2) is 16.3 Å². The van der Waals surface area contributed by atoms with Gasteiger partial charge in [0.15, 0.2) is 0 Å². The van der Waals surface area contributed by atoms with E-state index >= 15 is 0 Å². The van der Waals surface area contributed by atoms with Gasteiger partial charge in [-0.15, -0.1) is 0 Å². The van der Waals surface area contributed by atoms with E-state index in [2.05, 4.69) is 54.6 Å². The Kier molecular flexibility index (Phi) is 4.74. The second-order valence-corrected chi connectivity index (χ2v) is 4.90. The van der Waals surface area contributed by atoms with E-state index in [0.717, 1.165) is 18.7 Å². The maximum absolute atomic E-state index is 4.54. The molecule has 0 saturated carbocycles. The van der Waals surface area contributed by atoms with Crippen LogP contribution in [0.2, 0.25) is 0 Å². The Labute approximate surface area is 115 Å². The van der Waals surface area contributed by atoms with E-state index in [1.165, 1.54) is 17.5 Å². The van der Waals surface area contributed by atoms with Crippen LogP contribution in [0.3, 0.4) is 0 Å². The van der Waals surface area contributed by atoms with Crippen LogP contribution in [0.1, 0.15) is 43.1 Å². The Balaban J connectivity index is 2.30. The fourth-order valence-corrected chi connectivity index (χ4v) is 2.40. The minimum Gasteiger partial charge on any atom is -0.305 e. The molecule has 3 nitrogen and oxygen atoms in total. The second kappa shape index (κ2) is 6.53. The number of hydrogen-bond acceptors (Lipinski definition) is 2. The molecule has 0 amide bonds. The van der Waals surface area contributed by atoms with Crippen molar-refractivity contribution in [1.29, 1.82) is 0 Å². The molecule has 0 saturated heterocycles. The number of aryl methyl sites for hydroxylation is 2. The first-order valence-electron chi connectivity index (χ1n) is 7.06. The maximum Gasteiger partial charge on any atom is 0.0839 e. The Hall–Kier alpha value is -1.61. The molecule has 1 aromatic heterocycles. The molecule has 0 aliphatic heterocycles. The minimum absolute atomic E-state index is 0.183. The van der Waals surface area contributed by atoms with Gasteiger partial charge in [-0.25, -0.2) is 0 Å². The molecule has 1 N–H and O–H groups in total. The van der Waals surface area contributed by atoms with Gasteiger partial charge in [0.05, 0.1) is 11.7 Å². The van der Waals surface area contributed by atoms with E-state index in [1.54, 1.807) is 0 Å². The molecule has 3 heteroatoms. The molecule has 102 valence electrons. The van der Waals surface area contributed by atoms with Gasteiger partial charge in [-0.2, -0.15) is 5.10 Å². The number of benzene rings is 1. The molecule has 0 bridgehead atoms. The van der Waals surface area contributed by atoms with E-state index in [9.17, 15) is 0 Å². The van der Waals surface area contributed by atoms with Crippen molar-refractivity contribution in [3.8, 4) is 0 Å². The summed E-state index contributed by atoms with van der Waals surface area (Å²) in [6, 6.07) is 11.1. The molecule has 0 radical (unpaired) electrons. The summed E-state index contributed by atoms with van der Waals surface area (Å²) in [7, 11) is 1.96. The van der Waals surface area contributed by atoms with Crippen LogP contribution in [-0.2, 0) is 13.5 Å². The highest BCUT2D eigenvalue weighted by Crippen LogP contribution is 2.21. The lowest BCUT2D eigenvalue weighted by atomic mass is 9.99. The van der Waals surface area contributed by atoms with Crippen molar-refractivity contribution in [3.05, 3.63) is 53.3 Å². The van der Waals surface area contributed by atoms with Gasteiger partial charge in [0.25, 0.3) is 0 Å². The Morgan fingerprint density at radius 2 is 2.11 bits per heavy atom. The Morgan fingerprint density at radius 1 is 1.26 bits per heavy atom. The lowest BCUT2D eigenvalue weighted by Gasteiger charge is -2.17. The normalized spacial score (nSPS) is 12.6. The lowest BCUT2D eigenvalue weighted by molar-refractivity contribution is 0.599. The van der Waals surface area contributed by atoms with Crippen molar-refractivity contribution >= 4 is 0 Å². The molecule has 19 heavy (non-hydrogen) atoms. The highest BCUT2D eigenvalue weighted by atomic mass is 15.3. The Morgan fingerprint density at radius 3 is 2.74 bits per heavy atom. The number of nitrogens with zero attached hydrogens (tertiary/aromatic N) is 2.